The molecule has 1 aliphatic rings. The highest BCUT2D eigenvalue weighted by Gasteiger charge is 2.16. The Kier molecular flexibility index (Phi) is 6.86. The lowest BCUT2D eigenvalue weighted by molar-refractivity contribution is 0.120. The van der Waals surface area contributed by atoms with Crippen molar-refractivity contribution in [2.75, 3.05) is 32.7 Å². The molecule has 1 aliphatic heterocycles. The van der Waals surface area contributed by atoms with Crippen LogP contribution < -0.4 is 14.8 Å². The number of thioether (sulfide) groups is 1. The molecule has 0 radical (unpaired) electrons. The number of ether oxygens (including phenoxy) is 3. The third kappa shape index (κ3) is 5.19. The van der Waals surface area contributed by atoms with E-state index in [2.05, 4.69) is 20.9 Å². The van der Waals surface area contributed by atoms with Gasteiger partial charge in [0.15, 0.2) is 15.8 Å². The van der Waals surface area contributed by atoms with Crippen molar-refractivity contribution in [2.45, 2.75) is 29.0 Å². The van der Waals surface area contributed by atoms with Gasteiger partial charge in [0.05, 0.1) is 26.0 Å². The summed E-state index contributed by atoms with van der Waals surface area (Å²) in [5, 5.41) is 15.7. The number of thiazole rings is 1. The first-order valence-electron chi connectivity index (χ1n) is 9.23. The fourth-order valence-corrected chi connectivity index (χ4v) is 5.53. The lowest BCUT2D eigenvalue weighted by Gasteiger charge is -2.08. The van der Waals surface area contributed by atoms with E-state index in [0.717, 1.165) is 57.5 Å². The molecule has 3 heterocycles. The van der Waals surface area contributed by atoms with Gasteiger partial charge in [0.1, 0.15) is 5.01 Å². The van der Waals surface area contributed by atoms with Gasteiger partial charge in [-0.2, -0.15) is 0 Å². The Labute approximate surface area is 181 Å². The summed E-state index contributed by atoms with van der Waals surface area (Å²) < 4.78 is 17.2. The van der Waals surface area contributed by atoms with Crippen molar-refractivity contribution in [1.82, 2.24) is 15.2 Å². The van der Waals surface area contributed by atoms with E-state index in [0.29, 0.717) is 17.6 Å². The lowest BCUT2D eigenvalue weighted by atomic mass is 10.2. The summed E-state index contributed by atoms with van der Waals surface area (Å²) in [4.78, 5) is 4.75. The molecule has 154 valence electrons. The van der Waals surface area contributed by atoms with E-state index in [-0.39, 0.29) is 0 Å². The van der Waals surface area contributed by atoms with E-state index in [1.807, 2.05) is 18.2 Å². The van der Waals surface area contributed by atoms with Gasteiger partial charge in [0, 0.05) is 29.8 Å². The molecule has 0 saturated carbocycles. The summed E-state index contributed by atoms with van der Waals surface area (Å²) >= 11 is 4.83. The van der Waals surface area contributed by atoms with Crippen LogP contribution in [0.15, 0.2) is 27.9 Å². The van der Waals surface area contributed by atoms with Gasteiger partial charge in [-0.15, -0.1) is 21.5 Å². The number of nitrogens with one attached hydrogen (secondary N) is 1. The van der Waals surface area contributed by atoms with E-state index < -0.39 is 0 Å². The maximum atomic E-state index is 5.62. The number of hydrogen-bond donors (Lipinski definition) is 1. The third-order valence-corrected chi connectivity index (χ3v) is 7.43. The van der Waals surface area contributed by atoms with E-state index in [1.54, 1.807) is 48.7 Å². The number of anilines is 1. The molecule has 4 rings (SSSR count). The minimum Gasteiger partial charge on any atom is -0.493 e. The average molecular weight is 451 g/mol. The molecule has 1 fully saturated rings. The molecule has 10 heteroatoms. The molecule has 0 bridgehead atoms. The zero-order valence-electron chi connectivity index (χ0n) is 16.2. The predicted molar refractivity (Wildman–Crippen MR) is 118 cm³/mol. The second-order valence-electron chi connectivity index (χ2n) is 6.39. The van der Waals surface area contributed by atoms with Crippen LogP contribution in [0.5, 0.6) is 11.5 Å². The molecular formula is C19H22N4O3S3. The highest BCUT2D eigenvalue weighted by atomic mass is 32.2. The molecule has 1 N–H and O–H groups in total. The Bertz CT molecular complexity index is 940. The van der Waals surface area contributed by atoms with E-state index in [4.69, 9.17) is 19.2 Å². The Morgan fingerprint density at radius 3 is 2.93 bits per heavy atom. The summed E-state index contributed by atoms with van der Waals surface area (Å²) in [5.41, 5.74) is 2.04. The van der Waals surface area contributed by atoms with E-state index >= 15 is 0 Å². The van der Waals surface area contributed by atoms with Crippen LogP contribution in [0, 0.1) is 0 Å². The normalized spacial score (nSPS) is 16.1. The van der Waals surface area contributed by atoms with Crippen LogP contribution in [-0.4, -0.2) is 48.7 Å². The van der Waals surface area contributed by atoms with Crippen LogP contribution in [0.4, 0.5) is 5.13 Å². The van der Waals surface area contributed by atoms with Crippen LogP contribution in [0.2, 0.25) is 0 Å². The van der Waals surface area contributed by atoms with Gasteiger partial charge in [0.2, 0.25) is 5.13 Å². The highest BCUT2D eigenvalue weighted by Crippen LogP contribution is 2.35. The number of benzene rings is 1. The Morgan fingerprint density at radius 1 is 1.24 bits per heavy atom. The molecule has 1 aromatic carbocycles. The van der Waals surface area contributed by atoms with Gasteiger partial charge in [0.25, 0.3) is 0 Å². The monoisotopic (exact) mass is 450 g/mol. The molecule has 0 spiro atoms. The molecule has 1 saturated heterocycles. The topological polar surface area (TPSA) is 78.4 Å². The smallest absolute Gasteiger partial charge is 0.206 e. The van der Waals surface area contributed by atoms with Gasteiger partial charge < -0.3 is 19.5 Å². The van der Waals surface area contributed by atoms with E-state index in [9.17, 15) is 0 Å². The molecule has 1 atom stereocenters. The Balaban J connectivity index is 1.33. The van der Waals surface area contributed by atoms with Crippen molar-refractivity contribution in [3.8, 4) is 22.1 Å². The first kappa shape index (κ1) is 20.4. The third-order valence-electron chi connectivity index (χ3n) is 4.44. The van der Waals surface area contributed by atoms with Crippen molar-refractivity contribution in [1.29, 1.82) is 0 Å². The molecule has 0 aliphatic carbocycles. The zero-order chi connectivity index (χ0) is 20.1. The molecule has 3 aromatic rings. The van der Waals surface area contributed by atoms with Crippen LogP contribution in [0.25, 0.3) is 10.6 Å². The fraction of sp³-hybridized carbons (Fsp3) is 0.421. The number of hydrogen-bond acceptors (Lipinski definition) is 10. The molecule has 29 heavy (non-hydrogen) atoms. The van der Waals surface area contributed by atoms with E-state index in [1.165, 1.54) is 0 Å². The molecule has 7 nitrogen and oxygen atoms in total. The number of aromatic nitrogens is 3. The van der Waals surface area contributed by atoms with Crippen molar-refractivity contribution < 1.29 is 14.2 Å². The quantitative estimate of drug-likeness (QED) is 0.475. The first-order chi connectivity index (χ1) is 14.2. The number of nitrogens with zero attached hydrogens (tertiary/aromatic N) is 3. The standard InChI is InChI=1S/C19H22N4O3S3/c1-24-15-6-5-12(8-16(15)25-2)17-21-13(10-27-17)11-28-19-23-22-18(29-19)20-9-14-4-3-7-26-14/h5-6,8,10,14H,3-4,7,9,11H2,1-2H3,(H,20,22). The second kappa shape index (κ2) is 9.75. The Hall–Kier alpha value is -1.88. The van der Waals surface area contributed by atoms with Crippen LogP contribution in [-0.2, 0) is 10.5 Å². The zero-order valence-corrected chi connectivity index (χ0v) is 18.7. The minimum absolute atomic E-state index is 0.292. The minimum atomic E-state index is 0.292. The van der Waals surface area contributed by atoms with Crippen molar-refractivity contribution >= 4 is 39.6 Å². The summed E-state index contributed by atoms with van der Waals surface area (Å²) in [6, 6.07) is 5.84. The number of rotatable bonds is 9. The molecule has 1 unspecified atom stereocenters. The molecular weight excluding hydrogens is 428 g/mol. The average Bonchev–Trinajstić information content (AvgIpc) is 3.52. The van der Waals surface area contributed by atoms with Crippen molar-refractivity contribution in [2.24, 2.45) is 0 Å². The van der Waals surface area contributed by atoms with Gasteiger partial charge in [-0.05, 0) is 31.0 Å². The Morgan fingerprint density at radius 2 is 2.14 bits per heavy atom. The number of methoxy groups -OCH3 is 2. The molecule has 2 aromatic heterocycles. The maximum Gasteiger partial charge on any atom is 0.206 e. The van der Waals surface area contributed by atoms with Gasteiger partial charge in [-0.1, -0.05) is 23.1 Å². The summed E-state index contributed by atoms with van der Waals surface area (Å²) in [7, 11) is 3.27. The fourth-order valence-electron chi connectivity index (χ4n) is 2.96. The molecule has 0 amide bonds. The van der Waals surface area contributed by atoms with Gasteiger partial charge >= 0.3 is 0 Å². The van der Waals surface area contributed by atoms with Crippen LogP contribution >= 0.6 is 34.4 Å². The summed E-state index contributed by atoms with van der Waals surface area (Å²) in [6.45, 7) is 1.66. The summed E-state index contributed by atoms with van der Waals surface area (Å²) in [6.07, 6.45) is 2.54. The SMILES string of the molecule is COc1ccc(-c2nc(CSc3nnc(NCC4CCCO4)s3)cs2)cc1OC. The largest absolute Gasteiger partial charge is 0.493 e. The second-order valence-corrected chi connectivity index (χ2v) is 9.45. The van der Waals surface area contributed by atoms with Crippen molar-refractivity contribution in [3.05, 3.63) is 29.3 Å². The predicted octanol–water partition coefficient (Wildman–Crippen LogP) is 4.56. The maximum absolute atomic E-state index is 5.62. The van der Waals surface area contributed by atoms with Crippen molar-refractivity contribution in [3.63, 3.8) is 0 Å². The van der Waals surface area contributed by atoms with Gasteiger partial charge in [-0.3, -0.25) is 0 Å². The first-order valence-corrected chi connectivity index (χ1v) is 11.9. The van der Waals surface area contributed by atoms with Gasteiger partial charge in [-0.25, -0.2) is 4.98 Å². The van der Waals surface area contributed by atoms with Crippen LogP contribution in [0.3, 0.4) is 0 Å². The lowest BCUT2D eigenvalue weighted by Crippen LogP contribution is -2.18. The summed E-state index contributed by atoms with van der Waals surface area (Å²) in [5.74, 6) is 2.17. The highest BCUT2D eigenvalue weighted by molar-refractivity contribution is 8.00. The van der Waals surface area contributed by atoms with Crippen LogP contribution in [0.1, 0.15) is 18.5 Å².